The molecule has 140 valence electrons. The Morgan fingerprint density at radius 1 is 0.926 bits per heavy atom. The van der Waals surface area contributed by atoms with Crippen molar-refractivity contribution in [3.05, 3.63) is 72.3 Å². The molecule has 0 radical (unpaired) electrons. The number of fused-ring (bicyclic) bond motifs is 1. The number of anilines is 1. The lowest BCUT2D eigenvalue weighted by molar-refractivity contribution is -0.116. The van der Waals surface area contributed by atoms with Crippen LogP contribution in [0.5, 0.6) is 0 Å². The Morgan fingerprint density at radius 3 is 2.41 bits per heavy atom. The molecule has 0 aliphatic rings. The van der Waals surface area contributed by atoms with Gasteiger partial charge in [0.25, 0.3) is 0 Å². The number of sulfonamides is 1. The summed E-state index contributed by atoms with van der Waals surface area (Å²) >= 11 is 0. The molecular formula is C21H22N2O3S. The van der Waals surface area contributed by atoms with Gasteiger partial charge in [-0.1, -0.05) is 55.5 Å². The third kappa shape index (κ3) is 4.72. The molecule has 2 N–H and O–H groups in total. The van der Waals surface area contributed by atoms with Crippen molar-refractivity contribution < 1.29 is 13.2 Å². The van der Waals surface area contributed by atoms with E-state index in [4.69, 9.17) is 0 Å². The first-order valence-corrected chi connectivity index (χ1v) is 10.3. The summed E-state index contributed by atoms with van der Waals surface area (Å²) in [4.78, 5) is 12.3. The standard InChI is InChI=1S/C21H22N2O3S/c1-2-16-7-5-6-10-20(16)23-21(24)13-14-22-27(25,26)19-12-11-17-8-3-4-9-18(17)15-19/h3-12,15,22H,2,13-14H2,1H3,(H,23,24). The lowest BCUT2D eigenvalue weighted by atomic mass is 10.1. The number of hydrogen-bond acceptors (Lipinski definition) is 3. The third-order valence-corrected chi connectivity index (χ3v) is 5.81. The summed E-state index contributed by atoms with van der Waals surface area (Å²) in [5, 5.41) is 4.67. The van der Waals surface area contributed by atoms with Crippen molar-refractivity contribution >= 4 is 32.4 Å². The summed E-state index contributed by atoms with van der Waals surface area (Å²) in [5.41, 5.74) is 1.81. The average molecular weight is 382 g/mol. The van der Waals surface area contributed by atoms with E-state index in [1.807, 2.05) is 55.5 Å². The maximum Gasteiger partial charge on any atom is 0.240 e. The molecule has 0 aliphatic carbocycles. The van der Waals surface area contributed by atoms with Crippen LogP contribution in [-0.2, 0) is 21.2 Å². The zero-order chi connectivity index (χ0) is 19.3. The minimum atomic E-state index is -3.66. The van der Waals surface area contributed by atoms with E-state index in [0.717, 1.165) is 28.4 Å². The monoisotopic (exact) mass is 382 g/mol. The van der Waals surface area contributed by atoms with Gasteiger partial charge in [-0.3, -0.25) is 4.79 Å². The van der Waals surface area contributed by atoms with Gasteiger partial charge in [0.2, 0.25) is 15.9 Å². The first kappa shape index (κ1) is 19.1. The number of carbonyl (C=O) groups is 1. The second-order valence-electron chi connectivity index (χ2n) is 6.22. The van der Waals surface area contributed by atoms with E-state index in [0.29, 0.717) is 0 Å². The van der Waals surface area contributed by atoms with Crippen LogP contribution in [0.15, 0.2) is 71.6 Å². The molecule has 5 nitrogen and oxygen atoms in total. The van der Waals surface area contributed by atoms with Gasteiger partial charge in [-0.2, -0.15) is 0 Å². The van der Waals surface area contributed by atoms with Crippen LogP contribution in [0.1, 0.15) is 18.9 Å². The van der Waals surface area contributed by atoms with Crippen LogP contribution >= 0.6 is 0 Å². The fourth-order valence-corrected chi connectivity index (χ4v) is 3.95. The van der Waals surface area contributed by atoms with Gasteiger partial charge in [0.1, 0.15) is 0 Å². The van der Waals surface area contributed by atoms with Gasteiger partial charge in [-0.15, -0.1) is 0 Å². The summed E-state index contributed by atoms with van der Waals surface area (Å²) in [7, 11) is -3.66. The normalized spacial score (nSPS) is 11.4. The maximum absolute atomic E-state index is 12.5. The predicted molar refractivity (Wildman–Crippen MR) is 108 cm³/mol. The number of para-hydroxylation sites is 1. The van der Waals surface area contributed by atoms with Crippen molar-refractivity contribution in [3.8, 4) is 0 Å². The number of amides is 1. The summed E-state index contributed by atoms with van der Waals surface area (Å²) in [6.07, 6.45) is 0.871. The Labute approximate surface area is 159 Å². The molecule has 0 aromatic heterocycles. The quantitative estimate of drug-likeness (QED) is 0.654. The zero-order valence-corrected chi connectivity index (χ0v) is 15.9. The highest BCUT2D eigenvalue weighted by atomic mass is 32.2. The van der Waals surface area contributed by atoms with E-state index in [1.165, 1.54) is 0 Å². The van der Waals surface area contributed by atoms with Gasteiger partial charge >= 0.3 is 0 Å². The van der Waals surface area contributed by atoms with Crippen molar-refractivity contribution in [1.29, 1.82) is 0 Å². The van der Waals surface area contributed by atoms with Gasteiger partial charge in [0.05, 0.1) is 4.90 Å². The topological polar surface area (TPSA) is 75.3 Å². The van der Waals surface area contributed by atoms with Gasteiger partial charge in [-0.05, 0) is 41.0 Å². The Bertz CT molecular complexity index is 1060. The molecule has 0 saturated carbocycles. The van der Waals surface area contributed by atoms with E-state index >= 15 is 0 Å². The Balaban J connectivity index is 1.60. The van der Waals surface area contributed by atoms with Gasteiger partial charge in [0, 0.05) is 18.7 Å². The molecule has 27 heavy (non-hydrogen) atoms. The van der Waals surface area contributed by atoms with Crippen LogP contribution in [0.3, 0.4) is 0 Å². The van der Waals surface area contributed by atoms with Crippen molar-refractivity contribution in [2.24, 2.45) is 0 Å². The van der Waals surface area contributed by atoms with Crippen LogP contribution in [0.4, 0.5) is 5.69 Å². The van der Waals surface area contributed by atoms with Gasteiger partial charge in [-0.25, -0.2) is 13.1 Å². The fraction of sp³-hybridized carbons (Fsp3) is 0.190. The molecule has 3 aromatic carbocycles. The van der Waals surface area contributed by atoms with Gasteiger partial charge < -0.3 is 5.32 Å². The van der Waals surface area contributed by atoms with Crippen molar-refractivity contribution in [2.75, 3.05) is 11.9 Å². The molecule has 0 aliphatic heterocycles. The Kier molecular flexibility index (Phi) is 5.88. The molecule has 0 atom stereocenters. The summed E-state index contributed by atoms with van der Waals surface area (Å²) in [6, 6.07) is 20.1. The van der Waals surface area contributed by atoms with Crippen LogP contribution in [0, 0.1) is 0 Å². The van der Waals surface area contributed by atoms with Crippen molar-refractivity contribution in [1.82, 2.24) is 4.72 Å². The van der Waals surface area contributed by atoms with E-state index in [1.54, 1.807) is 18.2 Å². The molecule has 0 heterocycles. The fourth-order valence-electron chi connectivity index (χ4n) is 2.88. The molecule has 0 spiro atoms. The minimum Gasteiger partial charge on any atom is -0.326 e. The first-order chi connectivity index (χ1) is 13.0. The van der Waals surface area contributed by atoms with Crippen LogP contribution in [-0.4, -0.2) is 20.9 Å². The molecule has 0 unspecified atom stereocenters. The molecule has 0 bridgehead atoms. The molecule has 0 fully saturated rings. The molecular weight excluding hydrogens is 360 g/mol. The second-order valence-corrected chi connectivity index (χ2v) is 7.98. The highest BCUT2D eigenvalue weighted by Crippen LogP contribution is 2.19. The summed E-state index contributed by atoms with van der Waals surface area (Å²) < 4.78 is 27.4. The maximum atomic E-state index is 12.5. The average Bonchev–Trinajstić information content (AvgIpc) is 2.68. The Hall–Kier alpha value is -2.70. The van der Waals surface area contributed by atoms with E-state index < -0.39 is 10.0 Å². The van der Waals surface area contributed by atoms with Crippen LogP contribution in [0.2, 0.25) is 0 Å². The summed E-state index contributed by atoms with van der Waals surface area (Å²) in [5.74, 6) is -0.225. The first-order valence-electron chi connectivity index (χ1n) is 8.86. The molecule has 0 saturated heterocycles. The SMILES string of the molecule is CCc1ccccc1NC(=O)CCNS(=O)(=O)c1ccc2ccccc2c1. The number of benzene rings is 3. The highest BCUT2D eigenvalue weighted by molar-refractivity contribution is 7.89. The van der Waals surface area contributed by atoms with E-state index in [-0.39, 0.29) is 23.8 Å². The number of aryl methyl sites for hydroxylation is 1. The number of nitrogens with one attached hydrogen (secondary N) is 2. The molecule has 6 heteroatoms. The second kappa shape index (κ2) is 8.33. The summed E-state index contributed by atoms with van der Waals surface area (Å²) in [6.45, 7) is 2.05. The smallest absolute Gasteiger partial charge is 0.240 e. The lowest BCUT2D eigenvalue weighted by Crippen LogP contribution is -2.28. The predicted octanol–water partition coefficient (Wildman–Crippen LogP) is 3.71. The third-order valence-electron chi connectivity index (χ3n) is 4.35. The van der Waals surface area contributed by atoms with Gasteiger partial charge in [0.15, 0.2) is 0 Å². The number of carbonyl (C=O) groups excluding carboxylic acids is 1. The van der Waals surface area contributed by atoms with Crippen LogP contribution in [0.25, 0.3) is 10.8 Å². The Morgan fingerprint density at radius 2 is 1.63 bits per heavy atom. The molecule has 3 aromatic rings. The minimum absolute atomic E-state index is 0.0370. The highest BCUT2D eigenvalue weighted by Gasteiger charge is 2.15. The number of rotatable bonds is 7. The lowest BCUT2D eigenvalue weighted by Gasteiger charge is -2.10. The number of hydrogen-bond donors (Lipinski definition) is 2. The van der Waals surface area contributed by atoms with E-state index in [9.17, 15) is 13.2 Å². The molecule has 3 rings (SSSR count). The molecule has 1 amide bonds. The van der Waals surface area contributed by atoms with E-state index in [2.05, 4.69) is 10.0 Å². The van der Waals surface area contributed by atoms with Crippen molar-refractivity contribution in [3.63, 3.8) is 0 Å². The van der Waals surface area contributed by atoms with Crippen molar-refractivity contribution in [2.45, 2.75) is 24.7 Å². The zero-order valence-electron chi connectivity index (χ0n) is 15.1. The largest absolute Gasteiger partial charge is 0.326 e. The van der Waals surface area contributed by atoms with Crippen LogP contribution < -0.4 is 10.0 Å².